The van der Waals surface area contributed by atoms with E-state index < -0.39 is 17.8 Å². The molecule has 3 aromatic carbocycles. The Morgan fingerprint density at radius 3 is 2.44 bits per heavy atom. The summed E-state index contributed by atoms with van der Waals surface area (Å²) in [5.41, 5.74) is 4.68. The summed E-state index contributed by atoms with van der Waals surface area (Å²) in [5.74, 6) is -2.19. The average molecular weight is 426 g/mol. The number of nitrogens with one attached hydrogen (secondary N) is 2. The molecular weight excluding hydrogens is 408 g/mol. The zero-order valence-corrected chi connectivity index (χ0v) is 17.0. The van der Waals surface area contributed by atoms with Crippen molar-refractivity contribution < 1.29 is 19.1 Å². The molecule has 0 bridgehead atoms. The van der Waals surface area contributed by atoms with Gasteiger partial charge in [-0.1, -0.05) is 29.8 Å². The van der Waals surface area contributed by atoms with Crippen molar-refractivity contribution in [3.63, 3.8) is 0 Å². The number of nitrogens with zero attached hydrogens (tertiary/aromatic N) is 2. The fourth-order valence-corrected chi connectivity index (χ4v) is 2.64. The number of ether oxygens (including phenoxy) is 1. The molecule has 3 aromatic rings. The first-order valence-electron chi connectivity index (χ1n) is 9.48. The van der Waals surface area contributed by atoms with Gasteiger partial charge in [-0.2, -0.15) is 10.4 Å². The summed E-state index contributed by atoms with van der Waals surface area (Å²) in [4.78, 5) is 36.3. The first-order valence-corrected chi connectivity index (χ1v) is 9.48. The molecule has 0 aliphatic rings. The maximum Gasteiger partial charge on any atom is 0.343 e. The summed E-state index contributed by atoms with van der Waals surface area (Å²) >= 11 is 0. The van der Waals surface area contributed by atoms with Gasteiger partial charge in [-0.05, 0) is 55.5 Å². The minimum atomic E-state index is -0.986. The summed E-state index contributed by atoms with van der Waals surface area (Å²) in [6.07, 6.45) is 1.27. The fraction of sp³-hybridized carbons (Fsp3) is 0.0417. The van der Waals surface area contributed by atoms with Gasteiger partial charge in [0.2, 0.25) is 0 Å². The van der Waals surface area contributed by atoms with Gasteiger partial charge in [0.15, 0.2) is 0 Å². The number of anilines is 1. The van der Waals surface area contributed by atoms with E-state index in [-0.39, 0.29) is 5.75 Å². The van der Waals surface area contributed by atoms with Gasteiger partial charge in [-0.3, -0.25) is 9.59 Å². The van der Waals surface area contributed by atoms with Gasteiger partial charge in [0, 0.05) is 11.3 Å². The lowest BCUT2D eigenvalue weighted by atomic mass is 10.1. The predicted molar refractivity (Wildman–Crippen MR) is 118 cm³/mol. The van der Waals surface area contributed by atoms with Gasteiger partial charge in [0.1, 0.15) is 5.75 Å². The quantitative estimate of drug-likeness (QED) is 0.213. The van der Waals surface area contributed by atoms with E-state index in [9.17, 15) is 14.4 Å². The van der Waals surface area contributed by atoms with Crippen molar-refractivity contribution in [3.8, 4) is 11.8 Å². The average Bonchev–Trinajstić information content (AvgIpc) is 2.80. The summed E-state index contributed by atoms with van der Waals surface area (Å²) in [7, 11) is 0. The molecule has 0 unspecified atom stereocenters. The lowest BCUT2D eigenvalue weighted by Crippen LogP contribution is -2.32. The van der Waals surface area contributed by atoms with Crippen LogP contribution in [0.5, 0.6) is 5.75 Å². The zero-order valence-electron chi connectivity index (χ0n) is 17.0. The van der Waals surface area contributed by atoms with Gasteiger partial charge >= 0.3 is 17.8 Å². The molecule has 0 saturated carbocycles. The number of carbonyl (C=O) groups is 3. The molecule has 3 rings (SSSR count). The Morgan fingerprint density at radius 2 is 1.72 bits per heavy atom. The van der Waals surface area contributed by atoms with E-state index in [1.54, 1.807) is 42.5 Å². The number of esters is 1. The van der Waals surface area contributed by atoms with E-state index in [1.165, 1.54) is 30.5 Å². The molecule has 32 heavy (non-hydrogen) atoms. The molecule has 0 spiro atoms. The number of aryl methyl sites for hydroxylation is 1. The third-order valence-corrected chi connectivity index (χ3v) is 4.22. The van der Waals surface area contributed by atoms with Crippen molar-refractivity contribution in [3.05, 3.63) is 95.1 Å². The molecule has 0 aromatic heterocycles. The van der Waals surface area contributed by atoms with Crippen molar-refractivity contribution in [1.29, 1.82) is 5.26 Å². The first-order chi connectivity index (χ1) is 15.5. The second kappa shape index (κ2) is 10.3. The normalized spacial score (nSPS) is 10.2. The molecule has 0 saturated heterocycles. The van der Waals surface area contributed by atoms with Crippen molar-refractivity contribution >= 4 is 29.7 Å². The van der Waals surface area contributed by atoms with Crippen LogP contribution in [0.4, 0.5) is 5.69 Å². The van der Waals surface area contributed by atoms with Crippen LogP contribution >= 0.6 is 0 Å². The number of hydrogen-bond donors (Lipinski definition) is 2. The molecular formula is C24H18N4O4. The lowest BCUT2D eigenvalue weighted by molar-refractivity contribution is -0.136. The molecule has 0 fully saturated rings. The number of hydrogen-bond acceptors (Lipinski definition) is 6. The van der Waals surface area contributed by atoms with Gasteiger partial charge in [-0.25, -0.2) is 10.2 Å². The highest BCUT2D eigenvalue weighted by atomic mass is 16.5. The summed E-state index contributed by atoms with van der Waals surface area (Å²) in [6.45, 7) is 1.87. The lowest BCUT2D eigenvalue weighted by Gasteiger charge is -2.08. The van der Waals surface area contributed by atoms with E-state index >= 15 is 0 Å². The topological polar surface area (TPSA) is 121 Å². The monoisotopic (exact) mass is 426 g/mol. The minimum Gasteiger partial charge on any atom is -0.422 e. The fourth-order valence-electron chi connectivity index (χ4n) is 2.64. The molecule has 0 atom stereocenters. The number of rotatable bonds is 5. The van der Waals surface area contributed by atoms with E-state index in [1.807, 2.05) is 19.1 Å². The third-order valence-electron chi connectivity index (χ3n) is 4.22. The number of carbonyl (C=O) groups excluding carboxylic acids is 3. The summed E-state index contributed by atoms with van der Waals surface area (Å²) < 4.78 is 5.44. The number of nitriles is 1. The smallest absolute Gasteiger partial charge is 0.343 e. The highest BCUT2D eigenvalue weighted by molar-refractivity contribution is 6.39. The van der Waals surface area contributed by atoms with Crippen LogP contribution in [0.15, 0.2) is 77.9 Å². The molecule has 0 aliphatic carbocycles. The van der Waals surface area contributed by atoms with Gasteiger partial charge in [0.05, 0.1) is 23.4 Å². The number of amides is 2. The standard InChI is InChI=1S/C24H18N4O4/c1-16-5-4-7-18(13-16)24(31)32-21-8-3-2-6-19(21)15-26-28-23(30)22(29)27-20-11-9-17(14-25)10-12-20/h2-13,15H,1H3,(H,27,29)(H,28,30)/b26-15+. The van der Waals surface area contributed by atoms with Crippen molar-refractivity contribution in [2.45, 2.75) is 6.92 Å². The van der Waals surface area contributed by atoms with Crippen molar-refractivity contribution in [2.75, 3.05) is 5.32 Å². The van der Waals surface area contributed by atoms with Crippen LogP contribution in [0.1, 0.15) is 27.0 Å². The molecule has 8 nitrogen and oxygen atoms in total. The van der Waals surface area contributed by atoms with Crippen molar-refractivity contribution in [2.24, 2.45) is 5.10 Å². The number of hydrazone groups is 1. The van der Waals surface area contributed by atoms with Crippen molar-refractivity contribution in [1.82, 2.24) is 5.43 Å². The van der Waals surface area contributed by atoms with E-state index in [2.05, 4.69) is 15.8 Å². The minimum absolute atomic E-state index is 0.249. The van der Waals surface area contributed by atoms with Gasteiger partial charge < -0.3 is 10.1 Å². The second-order valence-corrected chi connectivity index (χ2v) is 6.64. The molecule has 0 heterocycles. The highest BCUT2D eigenvalue weighted by Gasteiger charge is 2.14. The van der Waals surface area contributed by atoms with Crippen LogP contribution in [0.3, 0.4) is 0 Å². The predicted octanol–water partition coefficient (Wildman–Crippen LogP) is 3.17. The molecule has 2 amide bonds. The molecule has 2 N–H and O–H groups in total. The largest absolute Gasteiger partial charge is 0.422 e. The maximum absolute atomic E-state index is 12.4. The second-order valence-electron chi connectivity index (χ2n) is 6.64. The van der Waals surface area contributed by atoms with Crippen LogP contribution in [0.25, 0.3) is 0 Å². The first kappa shape index (κ1) is 21.9. The van der Waals surface area contributed by atoms with E-state index in [0.717, 1.165) is 5.56 Å². The molecule has 0 radical (unpaired) electrons. The molecule has 158 valence electrons. The summed E-state index contributed by atoms with van der Waals surface area (Å²) in [6, 6.07) is 21.6. The Kier molecular flexibility index (Phi) is 7.07. The third kappa shape index (κ3) is 5.87. The summed E-state index contributed by atoms with van der Waals surface area (Å²) in [5, 5.41) is 14.9. The van der Waals surface area contributed by atoms with Crippen LogP contribution in [0.2, 0.25) is 0 Å². The number of para-hydroxylation sites is 1. The molecule has 8 heteroatoms. The molecule has 0 aliphatic heterocycles. The maximum atomic E-state index is 12.4. The Hall–Kier alpha value is -4.77. The van der Waals surface area contributed by atoms with Crippen LogP contribution in [-0.2, 0) is 9.59 Å². The van der Waals surface area contributed by atoms with Crippen LogP contribution in [0, 0.1) is 18.3 Å². The Balaban J connectivity index is 1.61. The number of benzene rings is 3. The van der Waals surface area contributed by atoms with E-state index in [0.29, 0.717) is 22.4 Å². The zero-order chi connectivity index (χ0) is 22.9. The van der Waals surface area contributed by atoms with E-state index in [4.69, 9.17) is 10.00 Å². The van der Waals surface area contributed by atoms with Gasteiger partial charge in [-0.15, -0.1) is 0 Å². The Morgan fingerprint density at radius 1 is 0.969 bits per heavy atom. The Labute approximate surface area is 184 Å². The van der Waals surface area contributed by atoms with Crippen LogP contribution in [-0.4, -0.2) is 24.0 Å². The van der Waals surface area contributed by atoms with Crippen LogP contribution < -0.4 is 15.5 Å². The SMILES string of the molecule is Cc1cccc(C(=O)Oc2ccccc2/C=N/NC(=O)C(=O)Nc2ccc(C#N)cc2)c1. The van der Waals surface area contributed by atoms with Gasteiger partial charge in [0.25, 0.3) is 0 Å². The highest BCUT2D eigenvalue weighted by Crippen LogP contribution is 2.18. The Bertz CT molecular complexity index is 1230.